The quantitative estimate of drug-likeness (QED) is 0.873. The normalized spacial score (nSPS) is 17.1. The monoisotopic (exact) mass is 317 g/mol. The minimum absolute atomic E-state index is 0.0225. The van der Waals surface area contributed by atoms with Crippen molar-refractivity contribution in [3.8, 4) is 0 Å². The molecule has 1 fully saturated rings. The Morgan fingerprint density at radius 2 is 1.91 bits per heavy atom. The number of amides is 2. The van der Waals surface area contributed by atoms with Gasteiger partial charge in [-0.1, -0.05) is 13.0 Å². The van der Waals surface area contributed by atoms with Crippen LogP contribution in [0.4, 0.5) is 0 Å². The van der Waals surface area contributed by atoms with Gasteiger partial charge in [-0.05, 0) is 44.5 Å². The molecule has 0 radical (unpaired) electrons. The van der Waals surface area contributed by atoms with E-state index in [4.69, 9.17) is 0 Å². The van der Waals surface area contributed by atoms with Crippen molar-refractivity contribution < 1.29 is 9.59 Å². The zero-order chi connectivity index (χ0) is 16.8. The summed E-state index contributed by atoms with van der Waals surface area (Å²) in [6.07, 6.45) is 1.92. The molecule has 1 aromatic carbocycles. The van der Waals surface area contributed by atoms with Gasteiger partial charge in [0.05, 0.1) is 0 Å². The summed E-state index contributed by atoms with van der Waals surface area (Å²) in [4.78, 5) is 28.8. The van der Waals surface area contributed by atoms with E-state index in [-0.39, 0.29) is 17.9 Å². The molecule has 126 valence electrons. The lowest BCUT2D eigenvalue weighted by molar-refractivity contribution is 0.0692. The Morgan fingerprint density at radius 1 is 1.22 bits per heavy atom. The van der Waals surface area contributed by atoms with Crippen LogP contribution in [0.2, 0.25) is 0 Å². The second kappa shape index (κ2) is 8.11. The fourth-order valence-electron chi connectivity index (χ4n) is 2.91. The lowest BCUT2D eigenvalue weighted by Gasteiger charge is -2.28. The number of hydrogen-bond acceptors (Lipinski definition) is 3. The smallest absolute Gasteiger partial charge is 0.254 e. The number of nitrogens with one attached hydrogen (secondary N) is 1. The van der Waals surface area contributed by atoms with Crippen molar-refractivity contribution in [1.29, 1.82) is 0 Å². The summed E-state index contributed by atoms with van der Waals surface area (Å²) in [5.74, 6) is -0.0268. The van der Waals surface area contributed by atoms with Gasteiger partial charge in [-0.25, -0.2) is 0 Å². The first kappa shape index (κ1) is 17.5. The summed E-state index contributed by atoms with van der Waals surface area (Å²) < 4.78 is 0. The molecule has 1 aromatic rings. The average molecular weight is 317 g/mol. The second-order valence-electron chi connectivity index (χ2n) is 6.05. The van der Waals surface area contributed by atoms with E-state index in [0.29, 0.717) is 17.7 Å². The SMILES string of the molecule is CCCN(C(=O)c1cccc(C(=O)N(C)CC)c1)C1CCNC1. The highest BCUT2D eigenvalue weighted by Crippen LogP contribution is 2.16. The van der Waals surface area contributed by atoms with Crippen molar-refractivity contribution in [2.24, 2.45) is 0 Å². The molecule has 5 nitrogen and oxygen atoms in total. The number of nitrogens with zero attached hydrogens (tertiary/aromatic N) is 2. The summed E-state index contributed by atoms with van der Waals surface area (Å²) in [5.41, 5.74) is 1.17. The standard InChI is InChI=1S/C18H27N3O2/c1-4-11-21(16-9-10-19-13-16)18(23)15-8-6-7-14(12-15)17(22)20(3)5-2/h6-8,12,16,19H,4-5,9-11,13H2,1-3H3. The van der Waals surface area contributed by atoms with E-state index in [1.54, 1.807) is 36.2 Å². The van der Waals surface area contributed by atoms with Crippen LogP contribution in [0.1, 0.15) is 47.4 Å². The number of carbonyl (C=O) groups is 2. The van der Waals surface area contributed by atoms with Crippen LogP contribution >= 0.6 is 0 Å². The molecule has 1 atom stereocenters. The average Bonchev–Trinajstić information content (AvgIpc) is 3.12. The zero-order valence-electron chi connectivity index (χ0n) is 14.3. The fraction of sp³-hybridized carbons (Fsp3) is 0.556. The Kier molecular flexibility index (Phi) is 6.16. The third kappa shape index (κ3) is 4.10. The van der Waals surface area contributed by atoms with E-state index in [2.05, 4.69) is 12.2 Å². The molecule has 23 heavy (non-hydrogen) atoms. The first-order chi connectivity index (χ1) is 11.1. The highest BCUT2D eigenvalue weighted by atomic mass is 16.2. The molecule has 1 unspecified atom stereocenters. The van der Waals surface area contributed by atoms with Crippen molar-refractivity contribution >= 4 is 11.8 Å². The van der Waals surface area contributed by atoms with E-state index in [0.717, 1.165) is 32.5 Å². The van der Waals surface area contributed by atoms with Gasteiger partial charge in [-0.2, -0.15) is 0 Å². The van der Waals surface area contributed by atoms with Gasteiger partial charge < -0.3 is 15.1 Å². The van der Waals surface area contributed by atoms with E-state index >= 15 is 0 Å². The Morgan fingerprint density at radius 3 is 2.48 bits per heavy atom. The predicted molar refractivity (Wildman–Crippen MR) is 91.7 cm³/mol. The van der Waals surface area contributed by atoms with Crippen molar-refractivity contribution in [2.75, 3.05) is 33.2 Å². The Labute approximate surface area is 138 Å². The van der Waals surface area contributed by atoms with Gasteiger partial charge in [-0.3, -0.25) is 9.59 Å². The van der Waals surface area contributed by atoms with Crippen LogP contribution < -0.4 is 5.32 Å². The number of benzene rings is 1. The van der Waals surface area contributed by atoms with E-state index < -0.39 is 0 Å². The largest absolute Gasteiger partial charge is 0.342 e. The fourth-order valence-corrected chi connectivity index (χ4v) is 2.91. The minimum atomic E-state index is -0.0493. The van der Waals surface area contributed by atoms with Crippen LogP contribution in [0.3, 0.4) is 0 Å². The van der Waals surface area contributed by atoms with E-state index in [1.165, 1.54) is 0 Å². The molecule has 2 amide bonds. The lowest BCUT2D eigenvalue weighted by atomic mass is 10.1. The molecule has 1 aliphatic rings. The minimum Gasteiger partial charge on any atom is -0.342 e. The molecule has 1 heterocycles. The molecule has 0 bridgehead atoms. The van der Waals surface area contributed by atoms with Crippen LogP contribution in [0.15, 0.2) is 24.3 Å². The maximum absolute atomic E-state index is 12.9. The number of carbonyl (C=O) groups excluding carboxylic acids is 2. The second-order valence-corrected chi connectivity index (χ2v) is 6.05. The molecule has 0 aliphatic carbocycles. The lowest BCUT2D eigenvalue weighted by Crippen LogP contribution is -2.42. The molecule has 0 aromatic heterocycles. The molecular weight excluding hydrogens is 290 g/mol. The summed E-state index contributed by atoms with van der Waals surface area (Å²) in [6, 6.07) is 7.34. The highest BCUT2D eigenvalue weighted by Gasteiger charge is 2.27. The van der Waals surface area contributed by atoms with Crippen molar-refractivity contribution in [3.63, 3.8) is 0 Å². The first-order valence-electron chi connectivity index (χ1n) is 8.45. The van der Waals surface area contributed by atoms with E-state index in [1.807, 2.05) is 11.8 Å². The predicted octanol–water partition coefficient (Wildman–Crippen LogP) is 1.99. The van der Waals surface area contributed by atoms with Crippen molar-refractivity contribution in [3.05, 3.63) is 35.4 Å². The summed E-state index contributed by atoms with van der Waals surface area (Å²) in [5, 5.41) is 3.32. The van der Waals surface area contributed by atoms with Gasteiger partial charge in [0.25, 0.3) is 11.8 Å². The maximum atomic E-state index is 12.9. The van der Waals surface area contributed by atoms with Crippen LogP contribution in [0, 0.1) is 0 Å². The van der Waals surface area contributed by atoms with Gasteiger partial charge in [0, 0.05) is 43.9 Å². The van der Waals surface area contributed by atoms with Gasteiger partial charge in [0.1, 0.15) is 0 Å². The van der Waals surface area contributed by atoms with Crippen molar-refractivity contribution in [2.45, 2.75) is 32.7 Å². The molecule has 1 saturated heterocycles. The molecule has 0 spiro atoms. The Hall–Kier alpha value is -1.88. The molecular formula is C18H27N3O2. The first-order valence-corrected chi connectivity index (χ1v) is 8.45. The molecule has 1 N–H and O–H groups in total. The van der Waals surface area contributed by atoms with Crippen molar-refractivity contribution in [1.82, 2.24) is 15.1 Å². The van der Waals surface area contributed by atoms with E-state index in [9.17, 15) is 9.59 Å². The van der Waals surface area contributed by atoms with Gasteiger partial charge in [0.15, 0.2) is 0 Å². The summed E-state index contributed by atoms with van der Waals surface area (Å²) in [6.45, 7) is 7.22. The van der Waals surface area contributed by atoms with Gasteiger partial charge in [0.2, 0.25) is 0 Å². The topological polar surface area (TPSA) is 52.7 Å². The molecule has 0 saturated carbocycles. The molecule has 1 aliphatic heterocycles. The Bertz CT molecular complexity index is 553. The number of rotatable bonds is 6. The highest BCUT2D eigenvalue weighted by molar-refractivity contribution is 5.99. The summed E-state index contributed by atoms with van der Waals surface area (Å²) >= 11 is 0. The number of hydrogen-bond donors (Lipinski definition) is 1. The van der Waals surface area contributed by atoms with Crippen LogP contribution in [0.5, 0.6) is 0 Å². The third-order valence-corrected chi connectivity index (χ3v) is 4.38. The molecule has 5 heteroatoms. The van der Waals surface area contributed by atoms with Crippen LogP contribution in [0.25, 0.3) is 0 Å². The van der Waals surface area contributed by atoms with Crippen LogP contribution in [-0.4, -0.2) is 60.9 Å². The maximum Gasteiger partial charge on any atom is 0.254 e. The molecule has 2 rings (SSSR count). The third-order valence-electron chi connectivity index (χ3n) is 4.38. The zero-order valence-corrected chi connectivity index (χ0v) is 14.3. The summed E-state index contributed by atoms with van der Waals surface area (Å²) in [7, 11) is 1.77. The van der Waals surface area contributed by atoms with Gasteiger partial charge >= 0.3 is 0 Å². The Balaban J connectivity index is 2.21. The van der Waals surface area contributed by atoms with Gasteiger partial charge in [-0.15, -0.1) is 0 Å². The van der Waals surface area contributed by atoms with Crippen LogP contribution in [-0.2, 0) is 0 Å².